The van der Waals surface area contributed by atoms with Crippen molar-refractivity contribution in [1.82, 2.24) is 5.43 Å². The lowest BCUT2D eigenvalue weighted by Crippen LogP contribution is -2.57. The highest BCUT2D eigenvalue weighted by Crippen LogP contribution is 2.61. The number of hydrogen-bond donors (Lipinski definition) is 2. The first-order valence-corrected chi connectivity index (χ1v) is 7.22. The van der Waals surface area contributed by atoms with Gasteiger partial charge in [-0.1, -0.05) is 13.3 Å². The molecule has 0 aromatic heterocycles. The molecule has 0 amide bonds. The Labute approximate surface area is 99.3 Å². The van der Waals surface area contributed by atoms with Gasteiger partial charge in [0.25, 0.3) is 0 Å². The minimum atomic E-state index is 0.583. The van der Waals surface area contributed by atoms with Crippen LogP contribution in [-0.4, -0.2) is 6.04 Å². The zero-order valence-corrected chi connectivity index (χ0v) is 10.5. The van der Waals surface area contributed by atoms with Crippen LogP contribution in [0.25, 0.3) is 0 Å². The van der Waals surface area contributed by atoms with Crippen LogP contribution in [0.4, 0.5) is 0 Å². The van der Waals surface area contributed by atoms with Crippen molar-refractivity contribution in [1.29, 1.82) is 0 Å². The first-order valence-electron chi connectivity index (χ1n) is 7.22. The number of nitrogens with two attached hydrogens (primary N) is 1. The second-order valence-corrected chi connectivity index (χ2v) is 6.79. The number of hydrazine groups is 1. The molecule has 16 heavy (non-hydrogen) atoms. The van der Waals surface area contributed by atoms with Crippen molar-refractivity contribution in [3.8, 4) is 0 Å². The molecule has 2 nitrogen and oxygen atoms in total. The highest BCUT2D eigenvalue weighted by Gasteiger charge is 2.53. The summed E-state index contributed by atoms with van der Waals surface area (Å²) in [6, 6.07) is 0.589. The average Bonchev–Trinajstić information content (AvgIpc) is 2.23. The molecule has 4 fully saturated rings. The van der Waals surface area contributed by atoms with Gasteiger partial charge in [-0.15, -0.1) is 0 Å². The van der Waals surface area contributed by atoms with Gasteiger partial charge in [-0.05, 0) is 68.1 Å². The Morgan fingerprint density at radius 3 is 2.00 bits per heavy atom. The molecule has 3 N–H and O–H groups in total. The lowest BCUT2D eigenvalue weighted by atomic mass is 9.47. The standard InChI is InChI=1S/C14H26N2/c1-2-3-13(16-15)14-7-10-4-11(8-14)6-12(5-10)9-14/h10-13,16H,2-9,15H2,1H3. The molecule has 0 aromatic carbocycles. The van der Waals surface area contributed by atoms with Crippen LogP contribution < -0.4 is 11.3 Å². The number of rotatable bonds is 4. The van der Waals surface area contributed by atoms with Crippen LogP contribution in [0.3, 0.4) is 0 Å². The van der Waals surface area contributed by atoms with Crippen molar-refractivity contribution in [2.75, 3.05) is 0 Å². The maximum Gasteiger partial charge on any atom is 0.0267 e. The van der Waals surface area contributed by atoms with Crippen molar-refractivity contribution in [2.45, 2.75) is 64.3 Å². The highest BCUT2D eigenvalue weighted by molar-refractivity contribution is 5.05. The molecular weight excluding hydrogens is 196 g/mol. The Kier molecular flexibility index (Phi) is 2.75. The topological polar surface area (TPSA) is 38.0 Å². The minimum Gasteiger partial charge on any atom is -0.271 e. The van der Waals surface area contributed by atoms with Gasteiger partial charge in [-0.2, -0.15) is 0 Å². The van der Waals surface area contributed by atoms with E-state index in [4.69, 9.17) is 5.84 Å². The quantitative estimate of drug-likeness (QED) is 0.567. The van der Waals surface area contributed by atoms with Crippen LogP contribution in [0.15, 0.2) is 0 Å². The van der Waals surface area contributed by atoms with Crippen LogP contribution in [0.5, 0.6) is 0 Å². The number of nitrogens with one attached hydrogen (secondary N) is 1. The molecule has 2 heteroatoms. The van der Waals surface area contributed by atoms with Gasteiger partial charge in [0.1, 0.15) is 0 Å². The SMILES string of the molecule is CCCC(NN)C12CC3CC(CC(C3)C1)C2. The van der Waals surface area contributed by atoms with E-state index >= 15 is 0 Å². The summed E-state index contributed by atoms with van der Waals surface area (Å²) in [4.78, 5) is 0. The fraction of sp³-hybridized carbons (Fsp3) is 1.00. The van der Waals surface area contributed by atoms with E-state index in [-0.39, 0.29) is 0 Å². The molecule has 4 rings (SSSR count). The largest absolute Gasteiger partial charge is 0.271 e. The molecule has 4 saturated carbocycles. The maximum atomic E-state index is 5.83. The second-order valence-electron chi connectivity index (χ2n) is 6.79. The predicted molar refractivity (Wildman–Crippen MR) is 66.6 cm³/mol. The maximum absolute atomic E-state index is 5.83. The van der Waals surface area contributed by atoms with Gasteiger partial charge in [0.2, 0.25) is 0 Å². The van der Waals surface area contributed by atoms with Gasteiger partial charge >= 0.3 is 0 Å². The third kappa shape index (κ3) is 1.62. The van der Waals surface area contributed by atoms with Crippen molar-refractivity contribution in [3.05, 3.63) is 0 Å². The van der Waals surface area contributed by atoms with Gasteiger partial charge in [-0.25, -0.2) is 0 Å². The lowest BCUT2D eigenvalue weighted by Gasteiger charge is -2.59. The molecule has 0 saturated heterocycles. The van der Waals surface area contributed by atoms with Crippen LogP contribution in [-0.2, 0) is 0 Å². The molecule has 0 spiro atoms. The normalized spacial score (nSPS) is 47.2. The lowest BCUT2D eigenvalue weighted by molar-refractivity contribution is -0.0753. The monoisotopic (exact) mass is 222 g/mol. The first kappa shape index (κ1) is 11.0. The van der Waals surface area contributed by atoms with Crippen LogP contribution in [0.2, 0.25) is 0 Å². The molecule has 1 atom stereocenters. The van der Waals surface area contributed by atoms with Gasteiger partial charge < -0.3 is 0 Å². The Balaban J connectivity index is 1.81. The van der Waals surface area contributed by atoms with Crippen molar-refractivity contribution in [2.24, 2.45) is 29.0 Å². The zero-order valence-electron chi connectivity index (χ0n) is 10.5. The molecule has 0 aliphatic heterocycles. The summed E-state index contributed by atoms with van der Waals surface area (Å²) in [7, 11) is 0. The molecule has 4 aliphatic carbocycles. The molecule has 4 aliphatic rings. The van der Waals surface area contributed by atoms with Crippen molar-refractivity contribution in [3.63, 3.8) is 0 Å². The Morgan fingerprint density at radius 2 is 1.62 bits per heavy atom. The third-order valence-corrected chi connectivity index (χ3v) is 5.60. The average molecular weight is 222 g/mol. The van der Waals surface area contributed by atoms with E-state index in [2.05, 4.69) is 12.3 Å². The highest BCUT2D eigenvalue weighted by atomic mass is 15.2. The first-order chi connectivity index (χ1) is 7.75. The van der Waals surface area contributed by atoms with Gasteiger partial charge in [0.15, 0.2) is 0 Å². The summed E-state index contributed by atoms with van der Waals surface area (Å²) < 4.78 is 0. The third-order valence-electron chi connectivity index (χ3n) is 5.60. The molecular formula is C14H26N2. The molecule has 0 heterocycles. The Morgan fingerprint density at radius 1 is 1.12 bits per heavy atom. The van der Waals surface area contributed by atoms with E-state index < -0.39 is 0 Å². The van der Waals surface area contributed by atoms with Crippen LogP contribution in [0, 0.1) is 23.2 Å². The van der Waals surface area contributed by atoms with E-state index in [0.717, 1.165) is 17.8 Å². The summed E-state index contributed by atoms with van der Waals surface area (Å²) in [6.45, 7) is 2.28. The summed E-state index contributed by atoms with van der Waals surface area (Å²) >= 11 is 0. The van der Waals surface area contributed by atoms with Gasteiger partial charge in [0.05, 0.1) is 0 Å². The van der Waals surface area contributed by atoms with E-state index in [1.54, 1.807) is 0 Å². The van der Waals surface area contributed by atoms with E-state index in [0.29, 0.717) is 11.5 Å². The van der Waals surface area contributed by atoms with E-state index in [1.807, 2.05) is 0 Å². The van der Waals surface area contributed by atoms with Gasteiger partial charge in [0, 0.05) is 6.04 Å². The molecule has 0 radical (unpaired) electrons. The zero-order chi connectivity index (χ0) is 11.2. The Hall–Kier alpha value is -0.0800. The fourth-order valence-corrected chi connectivity index (χ4v) is 5.46. The van der Waals surface area contributed by atoms with Crippen molar-refractivity contribution < 1.29 is 0 Å². The smallest absolute Gasteiger partial charge is 0.0267 e. The summed E-state index contributed by atoms with van der Waals surface area (Å²) in [6.07, 6.45) is 11.5. The Bertz CT molecular complexity index is 226. The van der Waals surface area contributed by atoms with Crippen molar-refractivity contribution >= 4 is 0 Å². The van der Waals surface area contributed by atoms with Gasteiger partial charge in [-0.3, -0.25) is 11.3 Å². The summed E-state index contributed by atoms with van der Waals surface area (Å²) in [5.41, 5.74) is 3.74. The number of hydrogen-bond acceptors (Lipinski definition) is 2. The van der Waals surface area contributed by atoms with E-state index in [9.17, 15) is 0 Å². The predicted octanol–water partition coefficient (Wildman–Crippen LogP) is 2.83. The van der Waals surface area contributed by atoms with Crippen LogP contribution >= 0.6 is 0 Å². The minimum absolute atomic E-state index is 0.583. The molecule has 4 bridgehead atoms. The molecule has 1 unspecified atom stereocenters. The molecule has 0 aromatic rings. The summed E-state index contributed by atoms with van der Waals surface area (Å²) in [5, 5.41) is 0. The summed E-state index contributed by atoms with van der Waals surface area (Å²) in [5.74, 6) is 8.95. The van der Waals surface area contributed by atoms with E-state index in [1.165, 1.54) is 51.4 Å². The molecule has 92 valence electrons. The van der Waals surface area contributed by atoms with Crippen LogP contribution in [0.1, 0.15) is 58.3 Å². The second kappa shape index (κ2) is 3.99. The fourth-order valence-electron chi connectivity index (χ4n) is 5.46.